The van der Waals surface area contributed by atoms with E-state index in [4.69, 9.17) is 10.5 Å². The summed E-state index contributed by atoms with van der Waals surface area (Å²) in [5, 5.41) is 18.9. The Hall–Kier alpha value is -2.16. The molecule has 0 bridgehead atoms. The molecule has 9 nitrogen and oxygen atoms in total. The lowest BCUT2D eigenvalue weighted by atomic mass is 10.1. The summed E-state index contributed by atoms with van der Waals surface area (Å²) in [7, 11) is 0. The summed E-state index contributed by atoms with van der Waals surface area (Å²) in [6, 6.07) is -0.744. The van der Waals surface area contributed by atoms with Crippen LogP contribution in [0.25, 0.3) is 0 Å². The molecule has 1 amide bonds. The minimum absolute atomic E-state index is 0.00921. The maximum atomic E-state index is 11.4. The van der Waals surface area contributed by atoms with Gasteiger partial charge in [-0.2, -0.15) is 0 Å². The summed E-state index contributed by atoms with van der Waals surface area (Å²) in [6.45, 7) is 5.20. The molecule has 0 spiro atoms. The number of carbonyl (C=O) groups excluding carboxylic acids is 1. The number of nitrogens with one attached hydrogen (secondary N) is 2. The molecule has 1 rings (SSSR count). The number of aromatic amines is 1. The minimum atomic E-state index is -0.744. The van der Waals surface area contributed by atoms with Crippen LogP contribution in [0.1, 0.15) is 32.4 Å². The zero-order valence-corrected chi connectivity index (χ0v) is 11.0. The third kappa shape index (κ3) is 4.54. The third-order valence-electron chi connectivity index (χ3n) is 2.09. The van der Waals surface area contributed by atoms with Gasteiger partial charge in [0.25, 0.3) is 0 Å². The Kier molecular flexibility index (Phi) is 4.43. The van der Waals surface area contributed by atoms with E-state index in [1.54, 1.807) is 20.8 Å². The first-order valence-corrected chi connectivity index (χ1v) is 5.61. The summed E-state index contributed by atoms with van der Waals surface area (Å²) in [5.41, 5.74) is 5.36. The van der Waals surface area contributed by atoms with Crippen molar-refractivity contribution in [3.63, 3.8) is 0 Å². The molecule has 1 aromatic rings. The molecule has 1 unspecified atom stereocenters. The highest BCUT2D eigenvalue weighted by molar-refractivity contribution is 5.67. The Morgan fingerprint density at radius 2 is 2.32 bits per heavy atom. The number of hydrogen-bond acceptors (Lipinski definition) is 6. The van der Waals surface area contributed by atoms with Gasteiger partial charge in [-0.15, -0.1) is 5.10 Å². The van der Waals surface area contributed by atoms with Crippen molar-refractivity contribution in [2.24, 2.45) is 5.73 Å². The van der Waals surface area contributed by atoms with E-state index in [9.17, 15) is 14.9 Å². The Labute approximate surface area is 109 Å². The molecule has 4 N–H and O–H groups in total. The number of aromatic nitrogens is 2. The molecule has 9 heteroatoms. The maximum Gasteiger partial charge on any atom is 0.407 e. The second kappa shape index (κ2) is 5.65. The highest BCUT2D eigenvalue weighted by Gasteiger charge is 2.22. The van der Waals surface area contributed by atoms with E-state index >= 15 is 0 Å². The molecule has 1 heterocycles. The Balaban J connectivity index is 2.56. The maximum absolute atomic E-state index is 11.4. The Morgan fingerprint density at radius 1 is 1.68 bits per heavy atom. The number of nitrogens with two attached hydrogens (primary N) is 1. The van der Waals surface area contributed by atoms with Gasteiger partial charge < -0.3 is 25.9 Å². The average molecular weight is 271 g/mol. The van der Waals surface area contributed by atoms with Gasteiger partial charge in [-0.25, -0.2) is 4.79 Å². The largest absolute Gasteiger partial charge is 0.444 e. The zero-order valence-electron chi connectivity index (χ0n) is 11.0. The molecule has 0 aliphatic carbocycles. The van der Waals surface area contributed by atoms with E-state index in [1.165, 1.54) is 6.20 Å². The number of alkyl carbamates (subject to hydrolysis) is 1. The highest BCUT2D eigenvalue weighted by Crippen LogP contribution is 2.19. The highest BCUT2D eigenvalue weighted by atomic mass is 16.6. The zero-order chi connectivity index (χ0) is 14.6. The van der Waals surface area contributed by atoms with Gasteiger partial charge >= 0.3 is 11.9 Å². The number of rotatable bonds is 4. The molecule has 0 radical (unpaired) electrons. The van der Waals surface area contributed by atoms with Crippen LogP contribution < -0.4 is 11.1 Å². The number of carbonyl (C=O) groups is 1. The quantitative estimate of drug-likeness (QED) is 0.548. The molecule has 0 aliphatic rings. The van der Waals surface area contributed by atoms with Crippen molar-refractivity contribution in [1.82, 2.24) is 15.5 Å². The molecular weight excluding hydrogens is 254 g/mol. The summed E-state index contributed by atoms with van der Waals surface area (Å²) < 4.78 is 5.02. The predicted molar refractivity (Wildman–Crippen MR) is 66.4 cm³/mol. The van der Waals surface area contributed by atoms with Crippen LogP contribution in [0.15, 0.2) is 6.20 Å². The van der Waals surface area contributed by atoms with Crippen LogP contribution in [0.4, 0.5) is 10.6 Å². The normalized spacial score (nSPS) is 12.8. The number of nitro groups is 1. The van der Waals surface area contributed by atoms with Crippen molar-refractivity contribution in [2.75, 3.05) is 6.54 Å². The molecule has 19 heavy (non-hydrogen) atoms. The molecule has 0 aliphatic heterocycles. The number of ether oxygens (including phenoxy) is 1. The first-order chi connectivity index (χ1) is 8.70. The van der Waals surface area contributed by atoms with Crippen LogP contribution in [-0.4, -0.2) is 33.4 Å². The van der Waals surface area contributed by atoms with Gasteiger partial charge in [0, 0.05) is 6.54 Å². The Morgan fingerprint density at radius 3 is 2.84 bits per heavy atom. The molecular formula is C10H17N5O4. The lowest BCUT2D eigenvalue weighted by Crippen LogP contribution is -2.36. The van der Waals surface area contributed by atoms with E-state index in [0.717, 1.165) is 0 Å². The van der Waals surface area contributed by atoms with Crippen LogP contribution in [-0.2, 0) is 4.74 Å². The van der Waals surface area contributed by atoms with E-state index < -0.39 is 22.7 Å². The van der Waals surface area contributed by atoms with Crippen molar-refractivity contribution < 1.29 is 14.5 Å². The van der Waals surface area contributed by atoms with Gasteiger partial charge in [0.15, 0.2) is 0 Å². The standard InChI is InChI=1S/C10H17N5O4/c1-10(2,3)19-9(16)12-5-7(11)6-4-13-14-8(6)15(17)18/h4,7H,5,11H2,1-3H3,(H,12,16)(H,13,14). The van der Waals surface area contributed by atoms with Gasteiger partial charge in [0.2, 0.25) is 0 Å². The van der Waals surface area contributed by atoms with Gasteiger partial charge in [-0.3, -0.25) is 0 Å². The summed E-state index contributed by atoms with van der Waals surface area (Å²) in [5.74, 6) is -0.279. The van der Waals surface area contributed by atoms with Crippen molar-refractivity contribution in [2.45, 2.75) is 32.4 Å². The topological polar surface area (TPSA) is 136 Å². The van der Waals surface area contributed by atoms with E-state index in [0.29, 0.717) is 0 Å². The van der Waals surface area contributed by atoms with Crippen LogP contribution in [0.3, 0.4) is 0 Å². The van der Waals surface area contributed by atoms with Crippen molar-refractivity contribution >= 4 is 11.9 Å². The Bertz CT molecular complexity index is 465. The van der Waals surface area contributed by atoms with Crippen LogP contribution in [0.2, 0.25) is 0 Å². The second-order valence-corrected chi connectivity index (χ2v) is 4.92. The summed E-state index contributed by atoms with van der Waals surface area (Å²) >= 11 is 0. The van der Waals surface area contributed by atoms with E-state index in [-0.39, 0.29) is 17.9 Å². The lowest BCUT2D eigenvalue weighted by molar-refractivity contribution is -0.390. The minimum Gasteiger partial charge on any atom is -0.444 e. The number of hydrogen-bond donors (Lipinski definition) is 3. The number of H-pyrrole nitrogens is 1. The van der Waals surface area contributed by atoms with Gasteiger partial charge in [0.1, 0.15) is 5.60 Å². The fourth-order valence-electron chi connectivity index (χ4n) is 1.32. The van der Waals surface area contributed by atoms with Crippen LogP contribution in [0.5, 0.6) is 0 Å². The molecule has 0 aromatic carbocycles. The molecule has 1 aromatic heterocycles. The first kappa shape index (κ1) is 14.9. The molecule has 106 valence electrons. The molecule has 0 fully saturated rings. The van der Waals surface area contributed by atoms with Crippen molar-refractivity contribution in [3.8, 4) is 0 Å². The molecule has 0 saturated heterocycles. The SMILES string of the molecule is CC(C)(C)OC(=O)NCC(N)c1cn[nH]c1[N+](=O)[O-]. The fourth-order valence-corrected chi connectivity index (χ4v) is 1.32. The fraction of sp³-hybridized carbons (Fsp3) is 0.600. The van der Waals surface area contributed by atoms with Crippen LogP contribution >= 0.6 is 0 Å². The lowest BCUT2D eigenvalue weighted by Gasteiger charge is -2.20. The van der Waals surface area contributed by atoms with Gasteiger partial charge in [0.05, 0.1) is 17.8 Å². The van der Waals surface area contributed by atoms with Gasteiger partial charge in [-0.1, -0.05) is 5.10 Å². The van der Waals surface area contributed by atoms with Crippen LogP contribution in [0, 0.1) is 10.1 Å². The second-order valence-electron chi connectivity index (χ2n) is 4.92. The molecule has 0 saturated carbocycles. The van der Waals surface area contributed by atoms with Crippen molar-refractivity contribution in [1.29, 1.82) is 0 Å². The predicted octanol–water partition coefficient (Wildman–Crippen LogP) is 0.842. The molecule has 1 atom stereocenters. The number of amides is 1. The van der Waals surface area contributed by atoms with E-state index in [1.807, 2.05) is 0 Å². The summed E-state index contributed by atoms with van der Waals surface area (Å²) in [6.07, 6.45) is 0.633. The first-order valence-electron chi connectivity index (χ1n) is 5.61. The number of nitrogens with zero attached hydrogens (tertiary/aromatic N) is 2. The van der Waals surface area contributed by atoms with E-state index in [2.05, 4.69) is 15.5 Å². The van der Waals surface area contributed by atoms with Crippen molar-refractivity contribution in [3.05, 3.63) is 21.9 Å². The summed E-state index contributed by atoms with van der Waals surface area (Å²) in [4.78, 5) is 21.5. The van der Waals surface area contributed by atoms with Gasteiger partial charge in [-0.05, 0) is 25.7 Å². The third-order valence-corrected chi connectivity index (χ3v) is 2.09. The average Bonchev–Trinajstić information content (AvgIpc) is 2.72. The monoisotopic (exact) mass is 271 g/mol. The smallest absolute Gasteiger partial charge is 0.407 e.